The second-order valence-corrected chi connectivity index (χ2v) is 4.10. The molecule has 1 aliphatic rings. The van der Waals surface area contributed by atoms with Crippen molar-refractivity contribution in [3.8, 4) is 0 Å². The van der Waals surface area contributed by atoms with Crippen LogP contribution in [0.5, 0.6) is 0 Å². The van der Waals surface area contributed by atoms with Crippen LogP contribution in [-0.2, 0) is 4.79 Å². The van der Waals surface area contributed by atoms with Crippen LogP contribution < -0.4 is 11.5 Å². The molecule has 0 saturated carbocycles. The van der Waals surface area contributed by atoms with Crippen LogP contribution >= 0.6 is 0 Å². The molecule has 0 aromatic carbocycles. The second-order valence-electron chi connectivity index (χ2n) is 4.10. The van der Waals surface area contributed by atoms with E-state index in [0.29, 0.717) is 13.0 Å². The van der Waals surface area contributed by atoms with E-state index in [4.69, 9.17) is 11.5 Å². The van der Waals surface area contributed by atoms with Gasteiger partial charge in [0.15, 0.2) is 0 Å². The number of hydrogen-bond acceptors (Lipinski definition) is 3. The van der Waals surface area contributed by atoms with Gasteiger partial charge in [0, 0.05) is 12.1 Å². The lowest BCUT2D eigenvalue weighted by molar-refractivity contribution is -0.130. The first-order chi connectivity index (χ1) is 6.53. The fourth-order valence-corrected chi connectivity index (χ4v) is 1.98. The van der Waals surface area contributed by atoms with Crippen LogP contribution in [0.4, 0.5) is 0 Å². The molecule has 1 rings (SSSR count). The van der Waals surface area contributed by atoms with Gasteiger partial charge in [-0.25, -0.2) is 0 Å². The van der Waals surface area contributed by atoms with Gasteiger partial charge >= 0.3 is 0 Å². The van der Waals surface area contributed by atoms with Gasteiger partial charge in [-0.3, -0.25) is 4.79 Å². The predicted molar refractivity (Wildman–Crippen MR) is 56.3 cm³/mol. The molecular weight excluding hydrogens is 178 g/mol. The highest BCUT2D eigenvalue weighted by Crippen LogP contribution is 2.29. The number of rotatable bonds is 4. The standard InChI is InChI=1S/C10H19N3O/c1-3-13-7-4-8(9(13)14)10(2,12)5-6-11/h3,8H,1,4-7,11-12H2,2H3. The third kappa shape index (κ3) is 1.96. The van der Waals surface area contributed by atoms with Crippen LogP contribution in [-0.4, -0.2) is 29.4 Å². The van der Waals surface area contributed by atoms with Crippen molar-refractivity contribution in [2.75, 3.05) is 13.1 Å². The van der Waals surface area contributed by atoms with Crippen LogP contribution in [0.1, 0.15) is 19.8 Å². The molecule has 1 saturated heterocycles. The first-order valence-corrected chi connectivity index (χ1v) is 4.95. The Kier molecular flexibility index (Phi) is 3.29. The Labute approximate surface area is 84.9 Å². The quantitative estimate of drug-likeness (QED) is 0.668. The van der Waals surface area contributed by atoms with Crippen molar-refractivity contribution in [2.45, 2.75) is 25.3 Å². The Morgan fingerprint density at radius 1 is 1.79 bits per heavy atom. The van der Waals surface area contributed by atoms with Crippen molar-refractivity contribution >= 4 is 5.91 Å². The number of nitrogens with two attached hydrogens (primary N) is 2. The van der Waals surface area contributed by atoms with E-state index >= 15 is 0 Å². The normalized spacial score (nSPS) is 26.4. The lowest BCUT2D eigenvalue weighted by atomic mass is 9.82. The SMILES string of the molecule is C=CN1CCC(C(C)(N)CCN)C1=O. The van der Waals surface area contributed by atoms with E-state index in [2.05, 4.69) is 6.58 Å². The first kappa shape index (κ1) is 11.2. The Balaban J connectivity index is 2.71. The third-order valence-corrected chi connectivity index (χ3v) is 2.94. The highest BCUT2D eigenvalue weighted by atomic mass is 16.2. The number of hydrogen-bond donors (Lipinski definition) is 2. The fourth-order valence-electron chi connectivity index (χ4n) is 1.98. The molecule has 1 amide bonds. The summed E-state index contributed by atoms with van der Waals surface area (Å²) in [6.07, 6.45) is 3.05. The molecule has 0 spiro atoms. The van der Waals surface area contributed by atoms with Crippen molar-refractivity contribution < 1.29 is 4.79 Å². The molecule has 1 fully saturated rings. The zero-order valence-corrected chi connectivity index (χ0v) is 8.70. The molecule has 4 nitrogen and oxygen atoms in total. The molecular formula is C10H19N3O. The lowest BCUT2D eigenvalue weighted by Gasteiger charge is -2.29. The van der Waals surface area contributed by atoms with Gasteiger partial charge in [0.1, 0.15) is 0 Å². The smallest absolute Gasteiger partial charge is 0.231 e. The van der Waals surface area contributed by atoms with Gasteiger partial charge in [-0.15, -0.1) is 0 Å². The number of carbonyl (C=O) groups is 1. The second kappa shape index (κ2) is 4.11. The van der Waals surface area contributed by atoms with Gasteiger partial charge in [0.25, 0.3) is 0 Å². The zero-order valence-electron chi connectivity index (χ0n) is 8.70. The Hall–Kier alpha value is -0.870. The number of nitrogens with zero attached hydrogens (tertiary/aromatic N) is 1. The molecule has 2 atom stereocenters. The average Bonchev–Trinajstić information content (AvgIpc) is 2.47. The summed E-state index contributed by atoms with van der Waals surface area (Å²) >= 11 is 0. The maximum atomic E-state index is 11.8. The maximum absolute atomic E-state index is 11.8. The van der Waals surface area contributed by atoms with Crippen LogP contribution in [0, 0.1) is 5.92 Å². The van der Waals surface area contributed by atoms with Gasteiger partial charge in [0.2, 0.25) is 5.91 Å². The molecule has 1 aliphatic heterocycles. The highest BCUT2D eigenvalue weighted by Gasteiger charge is 2.41. The van der Waals surface area contributed by atoms with E-state index < -0.39 is 5.54 Å². The first-order valence-electron chi connectivity index (χ1n) is 4.95. The molecule has 0 aromatic rings. The number of likely N-dealkylation sites (tertiary alicyclic amines) is 1. The van der Waals surface area contributed by atoms with Gasteiger partial charge in [-0.1, -0.05) is 6.58 Å². The van der Waals surface area contributed by atoms with Crippen molar-refractivity contribution in [2.24, 2.45) is 17.4 Å². The summed E-state index contributed by atoms with van der Waals surface area (Å²) in [6, 6.07) is 0. The molecule has 4 N–H and O–H groups in total. The van der Waals surface area contributed by atoms with Crippen LogP contribution in [0.25, 0.3) is 0 Å². The topological polar surface area (TPSA) is 72.3 Å². The molecule has 80 valence electrons. The summed E-state index contributed by atoms with van der Waals surface area (Å²) in [5.41, 5.74) is 11.1. The van der Waals surface area contributed by atoms with Gasteiger partial charge < -0.3 is 16.4 Å². The molecule has 2 unspecified atom stereocenters. The molecule has 14 heavy (non-hydrogen) atoms. The van der Waals surface area contributed by atoms with E-state index in [-0.39, 0.29) is 11.8 Å². The van der Waals surface area contributed by atoms with Gasteiger partial charge in [0.05, 0.1) is 5.92 Å². The van der Waals surface area contributed by atoms with Gasteiger partial charge in [-0.05, 0) is 32.5 Å². The summed E-state index contributed by atoms with van der Waals surface area (Å²) in [6.45, 7) is 6.74. The van der Waals surface area contributed by atoms with E-state index in [1.54, 1.807) is 11.1 Å². The largest absolute Gasteiger partial charge is 0.330 e. The minimum absolute atomic E-state index is 0.0819. The van der Waals surface area contributed by atoms with E-state index in [0.717, 1.165) is 13.0 Å². The van der Waals surface area contributed by atoms with Crippen molar-refractivity contribution in [1.29, 1.82) is 0 Å². The van der Waals surface area contributed by atoms with E-state index in [1.165, 1.54) is 0 Å². The summed E-state index contributed by atoms with van der Waals surface area (Å²) in [4.78, 5) is 13.4. The Morgan fingerprint density at radius 2 is 2.43 bits per heavy atom. The number of amides is 1. The van der Waals surface area contributed by atoms with Gasteiger partial charge in [-0.2, -0.15) is 0 Å². The molecule has 4 heteroatoms. The predicted octanol–water partition coefficient (Wildman–Crippen LogP) is 0.0446. The minimum Gasteiger partial charge on any atom is -0.330 e. The van der Waals surface area contributed by atoms with Crippen LogP contribution in [0.3, 0.4) is 0 Å². The Morgan fingerprint density at radius 3 is 2.86 bits per heavy atom. The van der Waals surface area contributed by atoms with Crippen LogP contribution in [0.15, 0.2) is 12.8 Å². The van der Waals surface area contributed by atoms with Crippen LogP contribution in [0.2, 0.25) is 0 Å². The zero-order chi connectivity index (χ0) is 10.8. The van der Waals surface area contributed by atoms with Crippen molar-refractivity contribution in [3.05, 3.63) is 12.8 Å². The Bertz CT molecular complexity index is 238. The van der Waals surface area contributed by atoms with E-state index in [1.807, 2.05) is 6.92 Å². The summed E-state index contributed by atoms with van der Waals surface area (Å²) in [5, 5.41) is 0. The minimum atomic E-state index is -0.483. The lowest BCUT2D eigenvalue weighted by Crippen LogP contribution is -2.48. The summed E-state index contributed by atoms with van der Waals surface area (Å²) < 4.78 is 0. The number of carbonyl (C=O) groups excluding carboxylic acids is 1. The monoisotopic (exact) mass is 197 g/mol. The maximum Gasteiger partial charge on any atom is 0.231 e. The van der Waals surface area contributed by atoms with Crippen molar-refractivity contribution in [1.82, 2.24) is 4.90 Å². The molecule has 0 bridgehead atoms. The summed E-state index contributed by atoms with van der Waals surface area (Å²) in [5.74, 6) is -0.0255. The highest BCUT2D eigenvalue weighted by molar-refractivity contribution is 5.83. The molecule has 1 heterocycles. The van der Waals surface area contributed by atoms with Crippen molar-refractivity contribution in [3.63, 3.8) is 0 Å². The van der Waals surface area contributed by atoms with E-state index in [9.17, 15) is 4.79 Å². The molecule has 0 radical (unpaired) electrons. The molecule has 0 aliphatic carbocycles. The summed E-state index contributed by atoms with van der Waals surface area (Å²) in [7, 11) is 0. The average molecular weight is 197 g/mol. The molecule has 0 aromatic heterocycles. The third-order valence-electron chi connectivity index (χ3n) is 2.94. The fraction of sp³-hybridized carbons (Fsp3) is 0.700.